The lowest BCUT2D eigenvalue weighted by Gasteiger charge is -2.04. The van der Waals surface area contributed by atoms with Crippen LogP contribution in [-0.4, -0.2) is 19.7 Å². The van der Waals surface area contributed by atoms with Crippen LogP contribution in [0.4, 0.5) is 0 Å². The summed E-state index contributed by atoms with van der Waals surface area (Å²) in [6.07, 6.45) is 3.78. The van der Waals surface area contributed by atoms with Gasteiger partial charge in [0.25, 0.3) is 0 Å². The highest BCUT2D eigenvalue weighted by molar-refractivity contribution is 6.33. The predicted octanol–water partition coefficient (Wildman–Crippen LogP) is 3.42. The van der Waals surface area contributed by atoms with Gasteiger partial charge in [0.05, 0.1) is 11.6 Å². The minimum absolute atomic E-state index is 0.474. The quantitative estimate of drug-likeness (QED) is 0.690. The van der Waals surface area contributed by atoms with Gasteiger partial charge in [-0.25, -0.2) is 14.6 Å². The van der Waals surface area contributed by atoms with Crippen molar-refractivity contribution in [3.63, 3.8) is 0 Å². The number of aromatic nitrogens is 4. The van der Waals surface area contributed by atoms with E-state index in [0.29, 0.717) is 11.0 Å². The van der Waals surface area contributed by atoms with Gasteiger partial charge in [0.2, 0.25) is 0 Å². The molecular weight excluding hydrogens is 272 g/mol. The molecule has 0 N–H and O–H groups in total. The van der Waals surface area contributed by atoms with Crippen molar-refractivity contribution in [2.75, 3.05) is 0 Å². The van der Waals surface area contributed by atoms with Gasteiger partial charge in [-0.15, -0.1) is 0 Å². The summed E-state index contributed by atoms with van der Waals surface area (Å²) >= 11 is 6.10. The number of aryl methyl sites for hydroxylation is 3. The van der Waals surface area contributed by atoms with E-state index in [0.717, 1.165) is 30.4 Å². The monoisotopic (exact) mass is 286 g/mol. The molecule has 20 heavy (non-hydrogen) atoms. The van der Waals surface area contributed by atoms with Crippen LogP contribution in [0.5, 0.6) is 0 Å². The van der Waals surface area contributed by atoms with Gasteiger partial charge >= 0.3 is 0 Å². The summed E-state index contributed by atoms with van der Waals surface area (Å²) in [5.41, 5.74) is 2.16. The van der Waals surface area contributed by atoms with Gasteiger partial charge in [-0.3, -0.25) is 0 Å². The van der Waals surface area contributed by atoms with Crippen LogP contribution in [0.2, 0.25) is 5.15 Å². The van der Waals surface area contributed by atoms with Crippen molar-refractivity contribution in [1.29, 1.82) is 0 Å². The van der Waals surface area contributed by atoms with Crippen molar-refractivity contribution < 1.29 is 0 Å². The first-order valence-electron chi connectivity index (χ1n) is 6.63. The van der Waals surface area contributed by atoms with Crippen LogP contribution in [-0.2, 0) is 13.0 Å². The van der Waals surface area contributed by atoms with Crippen LogP contribution >= 0.6 is 11.6 Å². The van der Waals surface area contributed by atoms with E-state index in [1.165, 1.54) is 5.56 Å². The van der Waals surface area contributed by atoms with E-state index in [1.54, 1.807) is 6.20 Å². The molecule has 0 saturated carbocycles. The number of benzene rings is 1. The van der Waals surface area contributed by atoms with Gasteiger partial charge in [-0.05, 0) is 25.3 Å². The number of rotatable bonds is 4. The maximum atomic E-state index is 6.10. The average molecular weight is 287 g/mol. The van der Waals surface area contributed by atoms with Crippen molar-refractivity contribution in [1.82, 2.24) is 19.7 Å². The third-order valence-electron chi connectivity index (χ3n) is 3.24. The molecule has 0 spiro atoms. The van der Waals surface area contributed by atoms with E-state index in [1.807, 2.05) is 17.7 Å². The zero-order chi connectivity index (χ0) is 13.9. The number of nitrogens with zero attached hydrogens (tertiary/aromatic N) is 4. The number of halogens is 1. The first kappa shape index (κ1) is 13.1. The minimum Gasteiger partial charge on any atom is -0.247 e. The molecule has 5 heteroatoms. The van der Waals surface area contributed by atoms with Gasteiger partial charge < -0.3 is 0 Å². The molecule has 102 valence electrons. The summed E-state index contributed by atoms with van der Waals surface area (Å²) in [4.78, 5) is 8.57. The molecule has 0 aliphatic carbocycles. The summed E-state index contributed by atoms with van der Waals surface area (Å²) in [6, 6.07) is 10.4. The molecule has 2 heterocycles. The smallest absolute Gasteiger partial charge is 0.163 e. The summed E-state index contributed by atoms with van der Waals surface area (Å²) in [7, 11) is 0. The molecule has 0 unspecified atom stereocenters. The molecule has 1 aromatic carbocycles. The molecular formula is C15H15ClN4. The fourth-order valence-corrected chi connectivity index (χ4v) is 2.52. The SMILES string of the molecule is Cc1nc(Cl)c2cnn(CCCc3ccccc3)c2n1. The lowest BCUT2D eigenvalue weighted by Crippen LogP contribution is -2.03. The van der Waals surface area contributed by atoms with E-state index in [9.17, 15) is 0 Å². The highest BCUT2D eigenvalue weighted by atomic mass is 35.5. The third-order valence-corrected chi connectivity index (χ3v) is 3.53. The Labute approximate surface area is 122 Å². The van der Waals surface area contributed by atoms with E-state index in [2.05, 4.69) is 39.3 Å². The molecule has 0 aliphatic rings. The summed E-state index contributed by atoms with van der Waals surface area (Å²) in [5.74, 6) is 0.673. The van der Waals surface area contributed by atoms with Gasteiger partial charge in [-0.2, -0.15) is 5.10 Å². The number of fused-ring (bicyclic) bond motifs is 1. The molecule has 2 aromatic heterocycles. The third kappa shape index (κ3) is 2.65. The van der Waals surface area contributed by atoms with Gasteiger partial charge in [0.1, 0.15) is 11.0 Å². The van der Waals surface area contributed by atoms with Gasteiger partial charge in [0.15, 0.2) is 5.65 Å². The van der Waals surface area contributed by atoms with Crippen LogP contribution in [0.3, 0.4) is 0 Å². The fourth-order valence-electron chi connectivity index (χ4n) is 2.26. The highest BCUT2D eigenvalue weighted by Gasteiger charge is 2.09. The second-order valence-electron chi connectivity index (χ2n) is 4.76. The molecule has 3 rings (SSSR count). The van der Waals surface area contributed by atoms with Crippen molar-refractivity contribution in [3.05, 3.63) is 53.1 Å². The van der Waals surface area contributed by atoms with Crippen LogP contribution in [0.25, 0.3) is 11.0 Å². The summed E-state index contributed by atoms with van der Waals surface area (Å²) < 4.78 is 1.90. The van der Waals surface area contributed by atoms with E-state index < -0.39 is 0 Å². The van der Waals surface area contributed by atoms with E-state index in [-0.39, 0.29) is 0 Å². The standard InChI is InChI=1S/C15H15ClN4/c1-11-18-14(16)13-10-17-20(15(13)19-11)9-5-8-12-6-3-2-4-7-12/h2-4,6-7,10H,5,8-9H2,1H3. The Hall–Kier alpha value is -1.94. The fraction of sp³-hybridized carbons (Fsp3) is 0.267. The summed E-state index contributed by atoms with van der Waals surface area (Å²) in [5, 5.41) is 5.65. The normalized spacial score (nSPS) is 11.1. The Balaban J connectivity index is 1.75. The Morgan fingerprint density at radius 1 is 1.15 bits per heavy atom. The van der Waals surface area contributed by atoms with Crippen molar-refractivity contribution >= 4 is 22.6 Å². The molecule has 0 saturated heterocycles. The molecule has 0 fully saturated rings. The minimum atomic E-state index is 0.474. The topological polar surface area (TPSA) is 43.6 Å². The summed E-state index contributed by atoms with van der Waals surface area (Å²) in [6.45, 7) is 2.66. The van der Waals surface area contributed by atoms with Crippen LogP contribution in [0, 0.1) is 6.92 Å². The highest BCUT2D eigenvalue weighted by Crippen LogP contribution is 2.20. The lowest BCUT2D eigenvalue weighted by molar-refractivity contribution is 0.591. The van der Waals surface area contributed by atoms with Gasteiger partial charge in [-0.1, -0.05) is 41.9 Å². The number of hydrogen-bond donors (Lipinski definition) is 0. The Morgan fingerprint density at radius 2 is 1.95 bits per heavy atom. The second-order valence-corrected chi connectivity index (χ2v) is 5.11. The van der Waals surface area contributed by atoms with Crippen molar-refractivity contribution in [2.24, 2.45) is 0 Å². The second kappa shape index (κ2) is 5.59. The molecule has 3 aromatic rings. The van der Waals surface area contributed by atoms with Crippen molar-refractivity contribution in [3.8, 4) is 0 Å². The Bertz CT molecular complexity index is 721. The first-order valence-corrected chi connectivity index (χ1v) is 7.01. The lowest BCUT2D eigenvalue weighted by atomic mass is 10.1. The maximum absolute atomic E-state index is 6.10. The molecule has 0 amide bonds. The van der Waals surface area contributed by atoms with Crippen LogP contribution in [0.1, 0.15) is 17.8 Å². The maximum Gasteiger partial charge on any atom is 0.163 e. The molecule has 0 bridgehead atoms. The van der Waals surface area contributed by atoms with Crippen LogP contribution < -0.4 is 0 Å². The molecule has 0 aliphatic heterocycles. The Kier molecular flexibility index (Phi) is 3.65. The average Bonchev–Trinajstić information content (AvgIpc) is 2.83. The van der Waals surface area contributed by atoms with Crippen molar-refractivity contribution in [2.45, 2.75) is 26.3 Å². The number of hydrogen-bond acceptors (Lipinski definition) is 3. The largest absolute Gasteiger partial charge is 0.247 e. The van der Waals surface area contributed by atoms with Crippen LogP contribution in [0.15, 0.2) is 36.5 Å². The van der Waals surface area contributed by atoms with E-state index >= 15 is 0 Å². The molecule has 0 radical (unpaired) electrons. The van der Waals surface area contributed by atoms with E-state index in [4.69, 9.17) is 11.6 Å². The Morgan fingerprint density at radius 3 is 2.75 bits per heavy atom. The van der Waals surface area contributed by atoms with Gasteiger partial charge in [0, 0.05) is 6.54 Å². The molecule has 4 nitrogen and oxygen atoms in total. The molecule has 0 atom stereocenters. The zero-order valence-electron chi connectivity index (χ0n) is 11.3. The first-order chi connectivity index (χ1) is 9.74. The predicted molar refractivity (Wildman–Crippen MR) is 79.8 cm³/mol. The zero-order valence-corrected chi connectivity index (χ0v) is 12.0.